The first-order valence-corrected chi connectivity index (χ1v) is 28.0. The molecule has 0 radical (unpaired) electrons. The van der Waals surface area contributed by atoms with Crippen molar-refractivity contribution < 1.29 is 71.8 Å². The summed E-state index contributed by atoms with van der Waals surface area (Å²) in [6, 6.07) is 2.49. The van der Waals surface area contributed by atoms with Crippen molar-refractivity contribution in [1.82, 2.24) is 25.3 Å². The molecular formula is C53H75BrClN5O15S. The van der Waals surface area contributed by atoms with Crippen LogP contribution < -0.4 is 15.4 Å². The van der Waals surface area contributed by atoms with Gasteiger partial charge in [0.15, 0.2) is 5.72 Å². The first-order valence-electron chi connectivity index (χ1n) is 25.5. The fourth-order valence-corrected chi connectivity index (χ4v) is 10.5. The number of ketones is 1. The van der Waals surface area contributed by atoms with E-state index in [4.69, 9.17) is 44.8 Å². The molecule has 2 unspecified atom stereocenters. The van der Waals surface area contributed by atoms with Gasteiger partial charge in [0.05, 0.1) is 36.3 Å². The maximum absolute atomic E-state index is 14.1. The van der Waals surface area contributed by atoms with Gasteiger partial charge >= 0.3 is 18.2 Å². The number of aliphatic hydroxyl groups is 1. The molecule has 0 aromatic heterocycles. The third-order valence-corrected chi connectivity index (χ3v) is 16.1. The fourth-order valence-electron chi connectivity index (χ4n) is 9.31. The molecule has 0 saturated carbocycles. The summed E-state index contributed by atoms with van der Waals surface area (Å²) in [5, 5.41) is 17.3. The smallest absolute Gasteiger partial charge is 0.410 e. The molecule has 0 spiro atoms. The van der Waals surface area contributed by atoms with Crippen LogP contribution in [0.5, 0.6) is 5.75 Å². The first kappa shape index (κ1) is 62.1. The van der Waals surface area contributed by atoms with Crippen LogP contribution in [0.25, 0.3) is 0 Å². The molecule has 2 fully saturated rings. The minimum atomic E-state index is -1.87. The van der Waals surface area contributed by atoms with Crippen LogP contribution >= 0.6 is 39.3 Å². The molecule has 2 aliphatic heterocycles. The first-order chi connectivity index (χ1) is 36.0. The molecule has 5 amide bonds. The van der Waals surface area contributed by atoms with Crippen LogP contribution in [0.15, 0.2) is 48.1 Å². The van der Waals surface area contributed by atoms with E-state index in [0.717, 1.165) is 35.7 Å². The predicted octanol–water partition coefficient (Wildman–Crippen LogP) is 6.30. The molecule has 4 aliphatic rings. The fraction of sp³-hybridized carbons (Fsp3) is 0.642. The Labute approximate surface area is 463 Å². The van der Waals surface area contributed by atoms with E-state index in [1.54, 1.807) is 46.2 Å². The van der Waals surface area contributed by atoms with E-state index in [1.165, 1.54) is 42.9 Å². The number of hydrogen-bond acceptors (Lipinski definition) is 16. The average molecular weight is 1170 g/mol. The highest BCUT2D eigenvalue weighted by atomic mass is 79.9. The molecule has 2 heterocycles. The maximum Gasteiger partial charge on any atom is 0.410 e. The third-order valence-electron chi connectivity index (χ3n) is 14.2. The number of nitrogens with one attached hydrogen (secondary N) is 2. The van der Waals surface area contributed by atoms with E-state index in [0.29, 0.717) is 43.7 Å². The lowest BCUT2D eigenvalue weighted by molar-refractivity contribution is -0.162. The molecule has 422 valence electrons. The summed E-state index contributed by atoms with van der Waals surface area (Å²) in [5.74, 6) is -1.77. The van der Waals surface area contributed by atoms with Gasteiger partial charge in [0, 0.05) is 85.2 Å². The number of methoxy groups -OCH3 is 2. The van der Waals surface area contributed by atoms with E-state index < -0.39 is 77.9 Å². The zero-order valence-corrected chi connectivity index (χ0v) is 48.1. The molecule has 76 heavy (non-hydrogen) atoms. The van der Waals surface area contributed by atoms with Crippen molar-refractivity contribution in [2.75, 3.05) is 72.7 Å². The van der Waals surface area contributed by atoms with Crippen molar-refractivity contribution in [1.29, 1.82) is 0 Å². The van der Waals surface area contributed by atoms with E-state index in [-0.39, 0.29) is 77.9 Å². The van der Waals surface area contributed by atoms with Crippen LogP contribution in [0.4, 0.5) is 14.4 Å². The molecule has 23 heteroatoms. The van der Waals surface area contributed by atoms with Crippen LogP contribution in [0.2, 0.25) is 5.02 Å². The number of alkyl halides is 1. The number of carbonyl (C=O) groups is 7. The van der Waals surface area contributed by atoms with Crippen molar-refractivity contribution in [3.8, 4) is 5.75 Å². The van der Waals surface area contributed by atoms with Crippen LogP contribution in [0.3, 0.4) is 0 Å². The van der Waals surface area contributed by atoms with Gasteiger partial charge in [0.25, 0.3) is 5.24 Å². The number of thioether (sulfide) groups is 1. The van der Waals surface area contributed by atoms with Gasteiger partial charge in [0.1, 0.15) is 47.6 Å². The molecule has 2 saturated heterocycles. The Hall–Kier alpha value is -4.71. The molecule has 3 N–H and O–H groups in total. The van der Waals surface area contributed by atoms with Gasteiger partial charge in [-0.05, 0) is 76.1 Å². The summed E-state index contributed by atoms with van der Waals surface area (Å²) < 4.78 is 41.0. The number of fused-ring (bicyclic) bond motifs is 5. The number of benzene rings is 1. The second-order valence-corrected chi connectivity index (χ2v) is 22.0. The minimum Gasteiger partial charge on any atom is -0.495 e. The summed E-state index contributed by atoms with van der Waals surface area (Å²) in [4.78, 5) is 96.1. The number of alkyl carbamates (subject to hydrolysis) is 1. The lowest BCUT2D eigenvalue weighted by Crippen LogP contribution is -2.63. The highest BCUT2D eigenvalue weighted by Crippen LogP contribution is 2.49. The van der Waals surface area contributed by atoms with E-state index >= 15 is 0 Å². The molecule has 2 aliphatic carbocycles. The molecule has 10 atom stereocenters. The Morgan fingerprint density at radius 3 is 2.50 bits per heavy atom. The number of halogens is 2. The minimum absolute atomic E-state index is 0.00765. The second kappa shape index (κ2) is 28.8. The lowest BCUT2D eigenvalue weighted by Gasteiger charge is -2.42. The average Bonchev–Trinajstić information content (AvgIpc) is 4.08. The number of epoxide rings is 1. The zero-order valence-electron chi connectivity index (χ0n) is 44.9. The molecule has 4 bridgehead atoms. The van der Waals surface area contributed by atoms with E-state index in [9.17, 15) is 38.7 Å². The Morgan fingerprint density at radius 1 is 1.05 bits per heavy atom. The number of carbonyl (C=O) groups excluding carboxylic acids is 7. The number of allylic oxidation sites excluding steroid dienone is 3. The highest BCUT2D eigenvalue weighted by Gasteiger charge is 2.64. The van der Waals surface area contributed by atoms with Gasteiger partial charge in [-0.1, -0.05) is 82.2 Å². The van der Waals surface area contributed by atoms with Crippen LogP contribution in [-0.2, 0) is 60.4 Å². The SMILES string of the molecule is COc1cc2cc(c1Cl)CC(=O)C[C@H](OC(=O)[C@H](C)N(C)C(=O)CCSC(=O)N(C)CCN(C)C(=O)OC1/C=C/CC(OCCNC(=O)CBr)CCC1)[C@]1(C)O[C@H]1[C@H](C)[C@@H]1C[C@@](O)(NC(=O)O1)[C@H](OC)/C=C/C=C(\C)C2. The zero-order chi connectivity index (χ0) is 55.9. The van der Waals surface area contributed by atoms with Crippen molar-refractivity contribution in [2.24, 2.45) is 5.92 Å². The van der Waals surface area contributed by atoms with Crippen molar-refractivity contribution in [2.45, 2.75) is 139 Å². The molecular weight excluding hydrogens is 1090 g/mol. The Kier molecular flexibility index (Phi) is 23.5. The third kappa shape index (κ3) is 17.4. The lowest BCUT2D eigenvalue weighted by atomic mass is 9.83. The van der Waals surface area contributed by atoms with Gasteiger partial charge in [-0.15, -0.1) is 0 Å². The van der Waals surface area contributed by atoms with Crippen molar-refractivity contribution in [3.63, 3.8) is 0 Å². The quantitative estimate of drug-likeness (QED) is 0.0387. The van der Waals surface area contributed by atoms with Gasteiger partial charge < -0.3 is 58.3 Å². The standard InChI is InChI=1S/C53H75BrClN5O15S/c1-32-13-10-18-42(70-9)53(68)30-41(73-49(65)57-53)33(2)47-52(4,75-47)43(29-37(61)28-36-26-35(25-32)27-40(69-8)46(36)55)74-48(64)34(3)60(7)45(63)19-24-76-51(67)59(6)22-21-58(5)50(66)72-39-16-11-14-38(15-12-17-39)71-23-20-56-44(62)31-54/h10-11,13,16,18,26-27,33-34,38-39,41-43,47,68H,12,14-15,17,19-25,28-31H2,1-9H3,(H,56,62)(H,57,65)/b16-11+,18-10+,32-13+/t33-,34+,38?,39?,41+,42-,43+,47+,52+,53+/m1/s1. The van der Waals surface area contributed by atoms with E-state index in [1.807, 2.05) is 31.2 Å². The number of nitrogens with zero attached hydrogens (tertiary/aromatic N) is 3. The highest BCUT2D eigenvalue weighted by molar-refractivity contribution is 9.09. The molecule has 5 rings (SSSR count). The molecule has 1 aromatic rings. The maximum atomic E-state index is 14.1. The van der Waals surface area contributed by atoms with Gasteiger partial charge in [0.2, 0.25) is 11.8 Å². The van der Waals surface area contributed by atoms with Crippen LogP contribution in [-0.4, -0.2) is 187 Å². The van der Waals surface area contributed by atoms with Crippen LogP contribution in [0, 0.1) is 5.92 Å². The van der Waals surface area contributed by atoms with E-state index in [2.05, 4.69) is 26.6 Å². The second-order valence-electron chi connectivity index (χ2n) is 20.0. The van der Waals surface area contributed by atoms with Crippen molar-refractivity contribution >= 4 is 80.3 Å². The largest absolute Gasteiger partial charge is 0.495 e. The van der Waals surface area contributed by atoms with Crippen LogP contribution in [0.1, 0.15) is 83.8 Å². The summed E-state index contributed by atoms with van der Waals surface area (Å²) >= 11 is 10.8. The summed E-state index contributed by atoms with van der Waals surface area (Å²) in [7, 11) is 7.53. The number of rotatable bonds is 17. The monoisotopic (exact) mass is 1170 g/mol. The summed E-state index contributed by atoms with van der Waals surface area (Å²) in [6.07, 6.45) is 6.16. The Balaban J connectivity index is 1.16. The predicted molar refractivity (Wildman–Crippen MR) is 288 cm³/mol. The number of ether oxygens (including phenoxy) is 7. The normalized spacial score (nSPS) is 28.7. The summed E-state index contributed by atoms with van der Waals surface area (Å²) in [5.41, 5.74) is -0.898. The summed E-state index contributed by atoms with van der Waals surface area (Å²) in [6.45, 7) is 8.13. The number of Topliss-reactive ketones (excluding diaryl/α,β-unsaturated/α-hetero) is 1. The van der Waals surface area contributed by atoms with Gasteiger partial charge in [-0.3, -0.25) is 24.5 Å². The number of likely N-dealkylation sites (N-methyl/N-ethyl adjacent to an activating group) is 3. The molecule has 1 aromatic carbocycles. The number of esters is 1. The van der Waals surface area contributed by atoms with Gasteiger partial charge in [-0.25, -0.2) is 14.4 Å². The van der Waals surface area contributed by atoms with Gasteiger partial charge in [-0.2, -0.15) is 0 Å². The van der Waals surface area contributed by atoms with Crippen molar-refractivity contribution in [3.05, 3.63) is 64.2 Å². The number of amides is 5. The number of hydrogen-bond donors (Lipinski definition) is 3. The Bertz CT molecular complexity index is 2340. The molecule has 20 nitrogen and oxygen atoms in total. The Morgan fingerprint density at radius 2 is 1.79 bits per heavy atom. The topological polar surface area (TPSA) is 241 Å².